The van der Waals surface area contributed by atoms with Gasteiger partial charge >= 0.3 is 11.9 Å². The summed E-state index contributed by atoms with van der Waals surface area (Å²) in [5, 5.41) is 3.27. The zero-order valence-electron chi connectivity index (χ0n) is 20.9. The number of rotatable bonds is 6. The Bertz CT molecular complexity index is 1260. The Kier molecular flexibility index (Phi) is 7.15. The van der Waals surface area contributed by atoms with Gasteiger partial charge < -0.3 is 24.3 Å². The largest absolute Gasteiger partial charge is 0.497 e. The number of Topliss-reactive ketones (excluding diaryl/α,β-unsaturated/α-hetero) is 1. The number of allylic oxidation sites excluding steroid dienone is 3. The fraction of sp³-hybridized carbons (Fsp3) is 0.321. The zero-order valence-corrected chi connectivity index (χ0v) is 20.9. The molecule has 4 rings (SSSR count). The second-order valence-electron chi connectivity index (χ2n) is 8.71. The molecule has 0 radical (unpaired) electrons. The Morgan fingerprint density at radius 1 is 0.889 bits per heavy atom. The van der Waals surface area contributed by atoms with Crippen molar-refractivity contribution in [1.82, 2.24) is 5.32 Å². The van der Waals surface area contributed by atoms with Crippen LogP contribution in [0.3, 0.4) is 0 Å². The number of dihydropyridines is 1. The van der Waals surface area contributed by atoms with Gasteiger partial charge in [0.05, 0.1) is 34.0 Å². The van der Waals surface area contributed by atoms with Crippen molar-refractivity contribution >= 4 is 17.7 Å². The summed E-state index contributed by atoms with van der Waals surface area (Å²) in [6, 6.07) is 14.5. The average Bonchev–Trinajstić information content (AvgIpc) is 2.91. The van der Waals surface area contributed by atoms with Crippen LogP contribution in [0, 0.1) is 5.92 Å². The smallest absolute Gasteiger partial charge is 0.336 e. The molecule has 8 nitrogen and oxygen atoms in total. The van der Waals surface area contributed by atoms with Gasteiger partial charge in [0.15, 0.2) is 5.78 Å². The molecule has 0 bridgehead atoms. The molecule has 1 N–H and O–H groups in total. The Labute approximate surface area is 209 Å². The minimum Gasteiger partial charge on any atom is -0.497 e. The lowest BCUT2D eigenvalue weighted by atomic mass is 9.67. The third kappa shape index (κ3) is 4.34. The number of ketones is 1. The first-order chi connectivity index (χ1) is 17.3. The number of carbonyl (C=O) groups excluding carboxylic acids is 3. The standard InChI is InChI=1S/C28H29NO7/c1-15-22(27(31)35-4)23(17-7-6-8-19(13-17)34-3)25-21(29-15)14-20(24(26(25)30)28(32)36-5)16-9-11-18(33-2)12-10-16/h6-13,20,23-24,29H,14H2,1-5H3/t20-,23-,24-/m0/s1. The molecule has 36 heavy (non-hydrogen) atoms. The summed E-state index contributed by atoms with van der Waals surface area (Å²) in [6.45, 7) is 1.78. The lowest BCUT2D eigenvalue weighted by molar-refractivity contribution is -0.150. The van der Waals surface area contributed by atoms with Crippen molar-refractivity contribution in [3.63, 3.8) is 0 Å². The summed E-state index contributed by atoms with van der Waals surface area (Å²) in [5.74, 6) is -2.58. The van der Waals surface area contributed by atoms with E-state index in [0.29, 0.717) is 46.0 Å². The number of esters is 2. The van der Waals surface area contributed by atoms with E-state index in [1.54, 1.807) is 51.5 Å². The fourth-order valence-electron chi connectivity index (χ4n) is 5.13. The topological polar surface area (TPSA) is 100 Å². The van der Waals surface area contributed by atoms with Crippen LogP contribution in [-0.2, 0) is 23.9 Å². The van der Waals surface area contributed by atoms with Gasteiger partial charge in [0.2, 0.25) is 0 Å². The third-order valence-electron chi connectivity index (χ3n) is 6.85. The predicted octanol–water partition coefficient (Wildman–Crippen LogP) is 3.64. The Balaban J connectivity index is 1.90. The molecule has 1 aliphatic heterocycles. The minimum absolute atomic E-state index is 0.310. The minimum atomic E-state index is -1.07. The van der Waals surface area contributed by atoms with Gasteiger partial charge in [-0.1, -0.05) is 24.3 Å². The zero-order chi connectivity index (χ0) is 26.0. The highest BCUT2D eigenvalue weighted by Crippen LogP contribution is 2.48. The normalized spacial score (nSPS) is 21.4. The van der Waals surface area contributed by atoms with Gasteiger partial charge in [0, 0.05) is 28.8 Å². The SMILES string of the molecule is COC(=O)C1=C(C)NC2=C(C(=O)[C@@H](C(=O)OC)[C@H](c3ccc(OC)cc3)C2)[C@H]1c1cccc(OC)c1. The quantitative estimate of drug-likeness (QED) is 0.483. The monoisotopic (exact) mass is 491 g/mol. The van der Waals surface area contributed by atoms with Crippen LogP contribution < -0.4 is 14.8 Å². The van der Waals surface area contributed by atoms with Crippen molar-refractivity contribution in [3.8, 4) is 11.5 Å². The molecule has 2 aromatic rings. The first-order valence-electron chi connectivity index (χ1n) is 11.5. The van der Waals surface area contributed by atoms with Gasteiger partial charge in [-0.25, -0.2) is 4.79 Å². The van der Waals surface area contributed by atoms with Crippen molar-refractivity contribution in [3.05, 3.63) is 82.2 Å². The van der Waals surface area contributed by atoms with Crippen LogP contribution in [0.1, 0.15) is 36.3 Å². The summed E-state index contributed by atoms with van der Waals surface area (Å²) in [7, 11) is 5.70. The highest BCUT2D eigenvalue weighted by atomic mass is 16.5. The molecule has 2 aliphatic rings. The van der Waals surface area contributed by atoms with Crippen molar-refractivity contribution in [2.24, 2.45) is 5.92 Å². The summed E-state index contributed by atoms with van der Waals surface area (Å²) < 4.78 is 20.8. The number of methoxy groups -OCH3 is 4. The molecule has 0 fully saturated rings. The van der Waals surface area contributed by atoms with E-state index in [2.05, 4.69) is 5.32 Å². The van der Waals surface area contributed by atoms with Crippen LogP contribution >= 0.6 is 0 Å². The van der Waals surface area contributed by atoms with E-state index >= 15 is 0 Å². The van der Waals surface area contributed by atoms with Crippen molar-refractivity contribution < 1.29 is 33.3 Å². The molecular weight excluding hydrogens is 462 g/mol. The van der Waals surface area contributed by atoms with E-state index in [1.165, 1.54) is 14.2 Å². The number of nitrogens with one attached hydrogen (secondary N) is 1. The van der Waals surface area contributed by atoms with E-state index < -0.39 is 35.5 Å². The van der Waals surface area contributed by atoms with Crippen LogP contribution in [0.25, 0.3) is 0 Å². The molecule has 0 aromatic heterocycles. The van der Waals surface area contributed by atoms with E-state index in [1.807, 2.05) is 18.2 Å². The van der Waals surface area contributed by atoms with Gasteiger partial charge in [0.1, 0.15) is 17.4 Å². The van der Waals surface area contributed by atoms with Gasteiger partial charge in [-0.05, 0) is 48.7 Å². The molecule has 0 unspecified atom stereocenters. The maximum Gasteiger partial charge on any atom is 0.336 e. The molecule has 0 spiro atoms. The van der Waals surface area contributed by atoms with Crippen molar-refractivity contribution in [2.45, 2.75) is 25.2 Å². The van der Waals surface area contributed by atoms with Crippen LogP contribution in [0.5, 0.6) is 11.5 Å². The summed E-state index contributed by atoms with van der Waals surface area (Å²) >= 11 is 0. The molecule has 188 valence electrons. The maximum absolute atomic E-state index is 14.1. The molecular formula is C28H29NO7. The van der Waals surface area contributed by atoms with Crippen LogP contribution in [0.2, 0.25) is 0 Å². The second kappa shape index (κ2) is 10.3. The lowest BCUT2D eigenvalue weighted by Crippen LogP contribution is -2.43. The molecule has 3 atom stereocenters. The van der Waals surface area contributed by atoms with E-state index in [-0.39, 0.29) is 0 Å². The second-order valence-corrected chi connectivity index (χ2v) is 8.71. The molecule has 1 heterocycles. The van der Waals surface area contributed by atoms with E-state index in [4.69, 9.17) is 18.9 Å². The first kappa shape index (κ1) is 25.0. The Morgan fingerprint density at radius 3 is 2.19 bits per heavy atom. The number of benzene rings is 2. The van der Waals surface area contributed by atoms with E-state index in [0.717, 1.165) is 5.56 Å². The third-order valence-corrected chi connectivity index (χ3v) is 6.85. The van der Waals surface area contributed by atoms with Crippen molar-refractivity contribution in [1.29, 1.82) is 0 Å². The van der Waals surface area contributed by atoms with Gasteiger partial charge in [-0.15, -0.1) is 0 Å². The number of ether oxygens (including phenoxy) is 4. The summed E-state index contributed by atoms with van der Waals surface area (Å²) in [5.41, 5.74) is 3.41. The first-order valence-corrected chi connectivity index (χ1v) is 11.5. The van der Waals surface area contributed by atoms with E-state index in [9.17, 15) is 14.4 Å². The average molecular weight is 492 g/mol. The Morgan fingerprint density at radius 2 is 1.58 bits per heavy atom. The summed E-state index contributed by atoms with van der Waals surface area (Å²) in [4.78, 5) is 40.1. The van der Waals surface area contributed by atoms with Crippen LogP contribution in [-0.4, -0.2) is 46.2 Å². The molecule has 1 aliphatic carbocycles. The highest BCUT2D eigenvalue weighted by molar-refractivity contribution is 6.13. The van der Waals surface area contributed by atoms with Gasteiger partial charge in [-0.3, -0.25) is 9.59 Å². The maximum atomic E-state index is 14.1. The number of hydrogen-bond donors (Lipinski definition) is 1. The molecule has 8 heteroatoms. The Hall–Kier alpha value is -4.07. The highest BCUT2D eigenvalue weighted by Gasteiger charge is 2.49. The van der Waals surface area contributed by atoms with Crippen molar-refractivity contribution in [2.75, 3.05) is 28.4 Å². The molecule has 0 saturated carbocycles. The number of carbonyl (C=O) groups is 3. The molecule has 0 saturated heterocycles. The van der Waals surface area contributed by atoms with Crippen LogP contribution in [0.4, 0.5) is 0 Å². The summed E-state index contributed by atoms with van der Waals surface area (Å²) in [6.07, 6.45) is 0.374. The lowest BCUT2D eigenvalue weighted by Gasteiger charge is -2.39. The molecule has 2 aromatic carbocycles. The predicted molar refractivity (Wildman–Crippen MR) is 131 cm³/mol. The van der Waals surface area contributed by atoms with Gasteiger partial charge in [-0.2, -0.15) is 0 Å². The number of hydrogen-bond acceptors (Lipinski definition) is 8. The van der Waals surface area contributed by atoms with Gasteiger partial charge in [0.25, 0.3) is 0 Å². The van der Waals surface area contributed by atoms with Crippen LogP contribution in [0.15, 0.2) is 71.1 Å². The fourth-order valence-corrected chi connectivity index (χ4v) is 5.13. The molecule has 0 amide bonds.